The number of aromatic nitrogens is 5. The van der Waals surface area contributed by atoms with Crippen LogP contribution in [0.4, 0.5) is 5.69 Å². The molecule has 9 nitrogen and oxygen atoms in total. The number of rotatable bonds is 7. The van der Waals surface area contributed by atoms with Crippen molar-refractivity contribution >= 4 is 40.8 Å². The van der Waals surface area contributed by atoms with Crippen LogP contribution >= 0.6 is 23.2 Å². The Morgan fingerprint density at radius 2 is 1.85 bits per heavy atom. The number of carbonyl (C=O) groups is 2. The predicted molar refractivity (Wildman–Crippen MR) is 128 cm³/mol. The third kappa shape index (κ3) is 5.27. The number of benzene rings is 2. The Morgan fingerprint density at radius 1 is 1.09 bits per heavy atom. The molecule has 2 heterocycles. The van der Waals surface area contributed by atoms with Gasteiger partial charge in [0.25, 0.3) is 5.91 Å². The van der Waals surface area contributed by atoms with Crippen molar-refractivity contribution in [2.24, 2.45) is 0 Å². The van der Waals surface area contributed by atoms with Gasteiger partial charge in [-0.05, 0) is 37.6 Å². The number of hydrogen-bond donors (Lipinski definition) is 1. The summed E-state index contributed by atoms with van der Waals surface area (Å²) in [5.74, 6) is -1.30. The lowest BCUT2D eigenvalue weighted by Gasteiger charge is -2.11. The fourth-order valence-electron chi connectivity index (χ4n) is 3.29. The monoisotopic (exact) mass is 498 g/mol. The molecule has 0 saturated carbocycles. The van der Waals surface area contributed by atoms with Crippen LogP contribution in [0, 0.1) is 13.8 Å². The Kier molecular flexibility index (Phi) is 6.95. The Labute approximate surface area is 205 Å². The molecule has 0 bridgehead atoms. The fourth-order valence-corrected chi connectivity index (χ4v) is 3.77. The Balaban J connectivity index is 1.42. The van der Waals surface area contributed by atoms with Crippen molar-refractivity contribution in [3.05, 3.63) is 87.7 Å². The molecule has 4 aromatic rings. The second kappa shape index (κ2) is 10.1. The Bertz CT molecular complexity index is 1330. The molecule has 0 aliphatic rings. The van der Waals surface area contributed by atoms with Crippen LogP contribution in [-0.4, -0.2) is 43.0 Å². The summed E-state index contributed by atoms with van der Waals surface area (Å²) in [5.41, 5.74) is 3.59. The topological polar surface area (TPSA) is 104 Å². The molecule has 0 atom stereocenters. The van der Waals surface area contributed by atoms with E-state index >= 15 is 0 Å². The maximum Gasteiger partial charge on any atom is 0.343 e. The van der Waals surface area contributed by atoms with E-state index in [1.807, 2.05) is 31.2 Å². The second-order valence-electron chi connectivity index (χ2n) is 7.52. The lowest BCUT2D eigenvalue weighted by atomic mass is 10.1. The van der Waals surface area contributed by atoms with Crippen molar-refractivity contribution in [3.63, 3.8) is 0 Å². The quantitative estimate of drug-likeness (QED) is 0.382. The number of anilines is 1. The van der Waals surface area contributed by atoms with Gasteiger partial charge in [-0.1, -0.05) is 53.0 Å². The number of amides is 1. The van der Waals surface area contributed by atoms with Crippen molar-refractivity contribution in [1.82, 2.24) is 24.5 Å². The summed E-state index contributed by atoms with van der Waals surface area (Å²) in [6.45, 7) is 3.53. The van der Waals surface area contributed by atoms with Crippen molar-refractivity contribution in [2.45, 2.75) is 20.4 Å². The first kappa shape index (κ1) is 23.5. The number of aryl methyl sites for hydroxylation is 2. The molecule has 0 fully saturated rings. The molecular formula is C23H20Cl2N6O3. The van der Waals surface area contributed by atoms with Crippen LogP contribution in [0.25, 0.3) is 5.69 Å². The van der Waals surface area contributed by atoms with E-state index in [2.05, 4.69) is 20.5 Å². The van der Waals surface area contributed by atoms with E-state index in [-0.39, 0.29) is 10.7 Å². The largest absolute Gasteiger partial charge is 0.452 e. The summed E-state index contributed by atoms with van der Waals surface area (Å²) in [5, 5.41) is 11.6. The SMILES string of the molecule is Cc1ccc(Cn2nc(C)c(C(=O)OCC(=O)Nc3cc(Cl)ccc3-n3cncn3)c2Cl)cc1. The van der Waals surface area contributed by atoms with Crippen LogP contribution in [0.5, 0.6) is 0 Å². The Morgan fingerprint density at radius 3 is 2.56 bits per heavy atom. The van der Waals surface area contributed by atoms with Crippen LogP contribution in [0.1, 0.15) is 27.2 Å². The van der Waals surface area contributed by atoms with Gasteiger partial charge >= 0.3 is 5.97 Å². The number of nitrogens with one attached hydrogen (secondary N) is 1. The maximum absolute atomic E-state index is 12.7. The van der Waals surface area contributed by atoms with E-state index in [1.165, 1.54) is 22.0 Å². The molecule has 2 aromatic carbocycles. The normalized spacial score (nSPS) is 10.8. The van der Waals surface area contributed by atoms with Crippen LogP contribution < -0.4 is 5.32 Å². The molecule has 0 aliphatic heterocycles. The number of esters is 1. The van der Waals surface area contributed by atoms with Gasteiger partial charge in [-0.3, -0.25) is 4.79 Å². The van der Waals surface area contributed by atoms with E-state index in [9.17, 15) is 9.59 Å². The molecule has 0 unspecified atom stereocenters. The first-order valence-corrected chi connectivity index (χ1v) is 11.0. The van der Waals surface area contributed by atoms with Gasteiger partial charge in [0.05, 0.1) is 23.6 Å². The summed E-state index contributed by atoms with van der Waals surface area (Å²) in [7, 11) is 0. The summed E-state index contributed by atoms with van der Waals surface area (Å²) < 4.78 is 8.21. The number of halogens is 2. The average molecular weight is 499 g/mol. The first-order valence-electron chi connectivity index (χ1n) is 10.2. The molecule has 0 radical (unpaired) electrons. The molecule has 1 amide bonds. The highest BCUT2D eigenvalue weighted by Gasteiger charge is 2.23. The molecule has 0 spiro atoms. The minimum atomic E-state index is -0.740. The number of nitrogens with zero attached hydrogens (tertiary/aromatic N) is 5. The molecule has 174 valence electrons. The van der Waals surface area contributed by atoms with Gasteiger partial charge in [0.15, 0.2) is 6.61 Å². The molecule has 0 aliphatic carbocycles. The van der Waals surface area contributed by atoms with Gasteiger partial charge in [0.2, 0.25) is 0 Å². The fraction of sp³-hybridized carbons (Fsp3) is 0.174. The standard InChI is InChI=1S/C23H20Cl2N6O3/c1-14-3-5-16(6-4-14)10-30-22(25)21(15(2)29-30)23(33)34-11-20(32)28-18-9-17(24)7-8-19(18)31-13-26-12-27-31/h3-9,12-13H,10-11H2,1-2H3,(H,28,32). The molecule has 1 N–H and O–H groups in total. The molecule has 11 heteroatoms. The van der Waals surface area contributed by atoms with Gasteiger partial charge < -0.3 is 10.1 Å². The van der Waals surface area contributed by atoms with E-state index in [4.69, 9.17) is 27.9 Å². The summed E-state index contributed by atoms with van der Waals surface area (Å²) >= 11 is 12.5. The minimum Gasteiger partial charge on any atom is -0.452 e. The van der Waals surface area contributed by atoms with Gasteiger partial charge in [0.1, 0.15) is 23.4 Å². The lowest BCUT2D eigenvalue weighted by molar-refractivity contribution is -0.119. The highest BCUT2D eigenvalue weighted by atomic mass is 35.5. The van der Waals surface area contributed by atoms with Gasteiger partial charge in [-0.25, -0.2) is 19.1 Å². The molecule has 34 heavy (non-hydrogen) atoms. The van der Waals surface area contributed by atoms with E-state index in [0.29, 0.717) is 28.6 Å². The zero-order valence-corrected chi connectivity index (χ0v) is 19.8. The predicted octanol–water partition coefficient (Wildman–Crippen LogP) is 4.23. The smallest absolute Gasteiger partial charge is 0.343 e. The number of hydrogen-bond acceptors (Lipinski definition) is 6. The molecule has 0 saturated heterocycles. The minimum absolute atomic E-state index is 0.118. The molecule has 4 rings (SSSR count). The van der Waals surface area contributed by atoms with Crippen molar-refractivity contribution in [3.8, 4) is 5.69 Å². The number of ether oxygens (including phenoxy) is 1. The second-order valence-corrected chi connectivity index (χ2v) is 8.31. The van der Waals surface area contributed by atoms with E-state index < -0.39 is 18.5 Å². The highest BCUT2D eigenvalue weighted by molar-refractivity contribution is 6.32. The van der Waals surface area contributed by atoms with E-state index in [1.54, 1.807) is 25.1 Å². The zero-order valence-electron chi connectivity index (χ0n) is 18.3. The van der Waals surface area contributed by atoms with Gasteiger partial charge in [0, 0.05) is 5.02 Å². The summed E-state index contributed by atoms with van der Waals surface area (Å²) in [6.07, 6.45) is 2.85. The van der Waals surface area contributed by atoms with Gasteiger partial charge in [-0.15, -0.1) is 0 Å². The molecular weight excluding hydrogens is 479 g/mol. The highest BCUT2D eigenvalue weighted by Crippen LogP contribution is 2.25. The van der Waals surface area contributed by atoms with Crippen LogP contribution in [-0.2, 0) is 16.1 Å². The van der Waals surface area contributed by atoms with Crippen molar-refractivity contribution in [1.29, 1.82) is 0 Å². The third-order valence-electron chi connectivity index (χ3n) is 4.96. The number of carbonyl (C=O) groups excluding carboxylic acids is 2. The average Bonchev–Trinajstić information content (AvgIpc) is 3.42. The first-order chi connectivity index (χ1) is 16.3. The molecule has 2 aromatic heterocycles. The maximum atomic E-state index is 12.7. The lowest BCUT2D eigenvalue weighted by Crippen LogP contribution is -2.22. The zero-order chi connectivity index (χ0) is 24.2. The van der Waals surface area contributed by atoms with E-state index in [0.717, 1.165) is 11.1 Å². The van der Waals surface area contributed by atoms with Crippen LogP contribution in [0.15, 0.2) is 55.1 Å². The Hall–Kier alpha value is -3.69. The summed E-state index contributed by atoms with van der Waals surface area (Å²) in [6, 6.07) is 12.8. The van der Waals surface area contributed by atoms with Crippen molar-refractivity contribution in [2.75, 3.05) is 11.9 Å². The third-order valence-corrected chi connectivity index (χ3v) is 5.57. The van der Waals surface area contributed by atoms with Crippen LogP contribution in [0.3, 0.4) is 0 Å². The van der Waals surface area contributed by atoms with Crippen LogP contribution in [0.2, 0.25) is 10.2 Å². The van der Waals surface area contributed by atoms with Gasteiger partial charge in [-0.2, -0.15) is 10.2 Å². The van der Waals surface area contributed by atoms with Crippen molar-refractivity contribution < 1.29 is 14.3 Å². The summed E-state index contributed by atoms with van der Waals surface area (Å²) in [4.78, 5) is 29.1.